The molecule has 0 aliphatic heterocycles. The van der Waals surface area contributed by atoms with Gasteiger partial charge in [-0.15, -0.1) is 11.3 Å². The average molecular weight is 463 g/mol. The Morgan fingerprint density at radius 3 is 2.31 bits per heavy atom. The molecule has 0 spiro atoms. The van der Waals surface area contributed by atoms with E-state index in [4.69, 9.17) is 21.3 Å². The monoisotopic (exact) mass is 462 g/mol. The minimum Gasteiger partial charge on any atom is -0.497 e. The molecule has 3 aromatic carbocycles. The predicted octanol–water partition coefficient (Wildman–Crippen LogP) is 7.40. The van der Waals surface area contributed by atoms with E-state index >= 15 is 0 Å². The quantitative estimate of drug-likeness (QED) is 0.287. The van der Waals surface area contributed by atoms with Crippen LogP contribution in [0.5, 0.6) is 5.75 Å². The van der Waals surface area contributed by atoms with Crippen LogP contribution >= 0.6 is 22.9 Å². The standard InChI is InChI=1S/C26H23ClN2O2S/c1-3-7-23-24(18-8-5-4-6-9-18)28-26(32-23)29(21-14-16-22(31-2)17-15-21)25(30)19-10-12-20(27)13-11-19/h4-6,8-17H,3,7H2,1-2H3. The van der Waals surface area contributed by atoms with E-state index in [2.05, 4.69) is 19.1 Å². The van der Waals surface area contributed by atoms with E-state index in [9.17, 15) is 4.79 Å². The highest BCUT2D eigenvalue weighted by Gasteiger charge is 2.25. The van der Waals surface area contributed by atoms with Gasteiger partial charge in [0.25, 0.3) is 5.91 Å². The molecule has 1 amide bonds. The van der Waals surface area contributed by atoms with Gasteiger partial charge in [-0.1, -0.05) is 55.3 Å². The first-order valence-electron chi connectivity index (χ1n) is 10.4. The van der Waals surface area contributed by atoms with E-state index in [1.807, 2.05) is 42.5 Å². The molecule has 0 radical (unpaired) electrons. The molecule has 0 saturated carbocycles. The maximum atomic E-state index is 13.6. The first-order valence-corrected chi connectivity index (χ1v) is 11.6. The molecular formula is C26H23ClN2O2S. The Morgan fingerprint density at radius 2 is 1.69 bits per heavy atom. The number of amides is 1. The third kappa shape index (κ3) is 4.69. The van der Waals surface area contributed by atoms with Gasteiger partial charge in [0.2, 0.25) is 0 Å². The lowest BCUT2D eigenvalue weighted by Crippen LogP contribution is -2.25. The molecule has 32 heavy (non-hydrogen) atoms. The topological polar surface area (TPSA) is 42.4 Å². The molecule has 4 aromatic rings. The molecule has 6 heteroatoms. The molecule has 1 heterocycles. The number of aromatic nitrogens is 1. The van der Waals surface area contributed by atoms with Crippen LogP contribution in [0.4, 0.5) is 10.8 Å². The fourth-order valence-corrected chi connectivity index (χ4v) is 4.75. The second kappa shape index (κ2) is 9.98. The fraction of sp³-hybridized carbons (Fsp3) is 0.154. The van der Waals surface area contributed by atoms with Crippen molar-refractivity contribution >= 4 is 39.7 Å². The first kappa shape index (κ1) is 22.1. The highest BCUT2D eigenvalue weighted by molar-refractivity contribution is 7.16. The van der Waals surface area contributed by atoms with Crippen LogP contribution in [0.3, 0.4) is 0 Å². The van der Waals surface area contributed by atoms with Crippen LogP contribution in [0.25, 0.3) is 11.3 Å². The Bertz CT molecular complexity index is 1190. The molecule has 0 N–H and O–H groups in total. The summed E-state index contributed by atoms with van der Waals surface area (Å²) in [6.07, 6.45) is 1.89. The van der Waals surface area contributed by atoms with Gasteiger partial charge in [-0.25, -0.2) is 4.98 Å². The highest BCUT2D eigenvalue weighted by Crippen LogP contribution is 2.38. The second-order valence-corrected chi connectivity index (χ2v) is 8.73. The van der Waals surface area contributed by atoms with Crippen molar-refractivity contribution in [2.75, 3.05) is 12.0 Å². The van der Waals surface area contributed by atoms with E-state index in [0.29, 0.717) is 15.7 Å². The molecule has 0 aliphatic rings. The van der Waals surface area contributed by atoms with Crippen LogP contribution in [0.1, 0.15) is 28.6 Å². The molecule has 1 aromatic heterocycles. The van der Waals surface area contributed by atoms with Crippen LogP contribution in [0.2, 0.25) is 5.02 Å². The molecule has 0 saturated heterocycles. The van der Waals surface area contributed by atoms with Crippen molar-refractivity contribution in [3.05, 3.63) is 94.3 Å². The van der Waals surface area contributed by atoms with Crippen molar-refractivity contribution < 1.29 is 9.53 Å². The third-order valence-electron chi connectivity index (χ3n) is 5.03. The Morgan fingerprint density at radius 1 is 1.00 bits per heavy atom. The largest absolute Gasteiger partial charge is 0.497 e. The van der Waals surface area contributed by atoms with Gasteiger partial charge in [0.1, 0.15) is 5.75 Å². The summed E-state index contributed by atoms with van der Waals surface area (Å²) < 4.78 is 5.29. The third-order valence-corrected chi connectivity index (χ3v) is 6.38. The smallest absolute Gasteiger partial charge is 0.264 e. The number of carbonyl (C=O) groups is 1. The van der Waals surface area contributed by atoms with Crippen LogP contribution in [0, 0.1) is 0 Å². The lowest BCUT2D eigenvalue weighted by atomic mass is 10.1. The van der Waals surface area contributed by atoms with Crippen molar-refractivity contribution in [2.45, 2.75) is 19.8 Å². The summed E-state index contributed by atoms with van der Waals surface area (Å²) >= 11 is 7.60. The van der Waals surface area contributed by atoms with Crippen LogP contribution in [-0.2, 0) is 6.42 Å². The average Bonchev–Trinajstić information content (AvgIpc) is 3.24. The number of nitrogens with zero attached hydrogens (tertiary/aromatic N) is 2. The highest BCUT2D eigenvalue weighted by atomic mass is 35.5. The van der Waals surface area contributed by atoms with Gasteiger partial charge < -0.3 is 4.74 Å². The number of ether oxygens (including phenoxy) is 1. The Labute approximate surface area is 197 Å². The number of carbonyl (C=O) groups excluding carboxylic acids is 1. The summed E-state index contributed by atoms with van der Waals surface area (Å²) in [4.78, 5) is 21.4. The summed E-state index contributed by atoms with van der Waals surface area (Å²) in [6, 6.07) is 24.4. The molecule has 162 valence electrons. The number of anilines is 2. The van der Waals surface area contributed by atoms with Gasteiger partial charge in [0.05, 0.1) is 18.5 Å². The second-order valence-electron chi connectivity index (χ2n) is 7.23. The maximum absolute atomic E-state index is 13.6. The number of methoxy groups -OCH3 is 1. The Hall–Kier alpha value is -3.15. The van der Waals surface area contributed by atoms with Crippen LogP contribution < -0.4 is 9.64 Å². The van der Waals surface area contributed by atoms with Crippen molar-refractivity contribution in [1.29, 1.82) is 0 Å². The molecular weight excluding hydrogens is 440 g/mol. The Kier molecular flexibility index (Phi) is 6.88. The van der Waals surface area contributed by atoms with Gasteiger partial charge in [0.15, 0.2) is 5.13 Å². The van der Waals surface area contributed by atoms with Crippen molar-refractivity contribution in [3.63, 3.8) is 0 Å². The van der Waals surface area contributed by atoms with Gasteiger partial charge in [-0.3, -0.25) is 9.69 Å². The maximum Gasteiger partial charge on any atom is 0.264 e. The van der Waals surface area contributed by atoms with Gasteiger partial charge >= 0.3 is 0 Å². The van der Waals surface area contributed by atoms with E-state index in [1.54, 1.807) is 47.6 Å². The lowest BCUT2D eigenvalue weighted by Gasteiger charge is -2.20. The summed E-state index contributed by atoms with van der Waals surface area (Å²) in [5.74, 6) is 0.562. The molecule has 0 bridgehead atoms. The van der Waals surface area contributed by atoms with E-state index in [0.717, 1.165) is 40.4 Å². The zero-order valence-electron chi connectivity index (χ0n) is 17.9. The SMILES string of the molecule is CCCc1sc(N(C(=O)c2ccc(Cl)cc2)c2ccc(OC)cc2)nc1-c1ccccc1. The summed E-state index contributed by atoms with van der Waals surface area (Å²) in [6.45, 7) is 2.15. The van der Waals surface area contributed by atoms with Crippen molar-refractivity contribution in [2.24, 2.45) is 0 Å². The summed E-state index contributed by atoms with van der Waals surface area (Å²) in [5, 5.41) is 1.22. The van der Waals surface area contributed by atoms with Gasteiger partial charge in [-0.2, -0.15) is 0 Å². The number of thiazole rings is 1. The number of halogens is 1. The molecule has 4 rings (SSSR count). The fourth-order valence-electron chi connectivity index (χ4n) is 3.42. The summed E-state index contributed by atoms with van der Waals surface area (Å²) in [7, 11) is 1.62. The Balaban J connectivity index is 1.83. The molecule has 0 unspecified atom stereocenters. The zero-order chi connectivity index (χ0) is 22.5. The number of rotatable bonds is 7. The lowest BCUT2D eigenvalue weighted by molar-refractivity contribution is 0.0999. The molecule has 0 aliphatic carbocycles. The van der Waals surface area contributed by atoms with E-state index < -0.39 is 0 Å². The van der Waals surface area contributed by atoms with Crippen LogP contribution in [-0.4, -0.2) is 18.0 Å². The molecule has 4 nitrogen and oxygen atoms in total. The molecule has 0 atom stereocenters. The van der Waals surface area contributed by atoms with Gasteiger partial charge in [0, 0.05) is 21.0 Å². The molecule has 0 fully saturated rings. The van der Waals surface area contributed by atoms with E-state index in [-0.39, 0.29) is 5.91 Å². The predicted molar refractivity (Wildman–Crippen MR) is 132 cm³/mol. The summed E-state index contributed by atoms with van der Waals surface area (Å²) in [5.41, 5.74) is 3.24. The minimum atomic E-state index is -0.164. The number of aryl methyl sites for hydroxylation is 1. The first-order chi connectivity index (χ1) is 15.6. The van der Waals surface area contributed by atoms with Crippen LogP contribution in [0.15, 0.2) is 78.9 Å². The zero-order valence-corrected chi connectivity index (χ0v) is 19.5. The minimum absolute atomic E-state index is 0.164. The van der Waals surface area contributed by atoms with Crippen molar-refractivity contribution in [1.82, 2.24) is 4.98 Å². The number of hydrogen-bond acceptors (Lipinski definition) is 4. The van der Waals surface area contributed by atoms with E-state index in [1.165, 1.54) is 0 Å². The van der Waals surface area contributed by atoms with Gasteiger partial charge in [-0.05, 0) is 55.0 Å². The normalized spacial score (nSPS) is 10.7. The number of benzene rings is 3. The number of hydrogen-bond donors (Lipinski definition) is 0. The van der Waals surface area contributed by atoms with Crippen molar-refractivity contribution in [3.8, 4) is 17.0 Å².